The monoisotopic (exact) mass is 340 g/mol. The predicted molar refractivity (Wildman–Crippen MR) is 98.4 cm³/mol. The fourth-order valence-electron chi connectivity index (χ4n) is 3.08. The van der Waals surface area contributed by atoms with E-state index in [1.165, 1.54) is 5.56 Å². The number of carboxylic acids is 1. The van der Waals surface area contributed by atoms with Crippen LogP contribution >= 0.6 is 0 Å². The molecule has 2 aromatic rings. The number of aliphatic carboxylic acids is 1. The maximum absolute atomic E-state index is 11.1. The number of hydrogen-bond acceptors (Lipinski definition) is 5. The maximum Gasteiger partial charge on any atom is 0.306 e. The summed E-state index contributed by atoms with van der Waals surface area (Å²) in [5.41, 5.74) is 3.13. The van der Waals surface area contributed by atoms with Gasteiger partial charge in [0.2, 0.25) is 5.95 Å². The van der Waals surface area contributed by atoms with Gasteiger partial charge in [0, 0.05) is 30.5 Å². The number of anilines is 3. The fraction of sp³-hybridized carbons (Fsp3) is 0.421. The van der Waals surface area contributed by atoms with E-state index < -0.39 is 5.97 Å². The molecule has 25 heavy (non-hydrogen) atoms. The van der Waals surface area contributed by atoms with Gasteiger partial charge in [-0.3, -0.25) is 4.79 Å². The van der Waals surface area contributed by atoms with Crippen LogP contribution < -0.4 is 10.2 Å². The van der Waals surface area contributed by atoms with E-state index in [1.54, 1.807) is 0 Å². The first-order valence-electron chi connectivity index (χ1n) is 8.74. The van der Waals surface area contributed by atoms with Crippen LogP contribution in [0.5, 0.6) is 0 Å². The molecule has 1 aliphatic rings. The van der Waals surface area contributed by atoms with Crippen LogP contribution in [0, 0.1) is 12.8 Å². The van der Waals surface area contributed by atoms with Crippen LogP contribution in [0.25, 0.3) is 0 Å². The summed E-state index contributed by atoms with van der Waals surface area (Å²) >= 11 is 0. The molecule has 6 heteroatoms. The summed E-state index contributed by atoms with van der Waals surface area (Å²) in [6, 6.07) is 10.2. The molecule has 0 atom stereocenters. The Morgan fingerprint density at radius 3 is 2.52 bits per heavy atom. The molecule has 0 aliphatic carbocycles. The lowest BCUT2D eigenvalue weighted by atomic mass is 9.97. The molecule has 0 unspecified atom stereocenters. The summed E-state index contributed by atoms with van der Waals surface area (Å²) in [6.07, 6.45) is 2.32. The van der Waals surface area contributed by atoms with Crippen molar-refractivity contribution in [2.24, 2.45) is 5.92 Å². The van der Waals surface area contributed by atoms with Crippen LogP contribution in [0.15, 0.2) is 30.3 Å². The topological polar surface area (TPSA) is 78.4 Å². The summed E-state index contributed by atoms with van der Waals surface area (Å²) in [7, 11) is 0. The fourth-order valence-corrected chi connectivity index (χ4v) is 3.08. The molecule has 2 heterocycles. The number of hydrogen-bond donors (Lipinski definition) is 2. The van der Waals surface area contributed by atoms with Crippen molar-refractivity contribution in [3.8, 4) is 0 Å². The zero-order chi connectivity index (χ0) is 17.8. The SMILES string of the molecule is CCc1ccc(Nc2nc(C)cc(N3CCC(C(=O)O)CC3)n2)cc1. The highest BCUT2D eigenvalue weighted by Crippen LogP contribution is 2.24. The summed E-state index contributed by atoms with van der Waals surface area (Å²) in [6.45, 7) is 5.49. The molecule has 0 radical (unpaired) electrons. The smallest absolute Gasteiger partial charge is 0.306 e. The lowest BCUT2D eigenvalue weighted by Crippen LogP contribution is -2.36. The van der Waals surface area contributed by atoms with Crippen LogP contribution in [0.2, 0.25) is 0 Å². The maximum atomic E-state index is 11.1. The second-order valence-electron chi connectivity index (χ2n) is 6.47. The summed E-state index contributed by atoms with van der Waals surface area (Å²) in [4.78, 5) is 22.3. The number of carboxylic acid groups (broad SMARTS) is 1. The summed E-state index contributed by atoms with van der Waals surface area (Å²) < 4.78 is 0. The second kappa shape index (κ2) is 7.51. The van der Waals surface area contributed by atoms with Gasteiger partial charge in [-0.25, -0.2) is 4.98 Å². The van der Waals surface area contributed by atoms with Gasteiger partial charge in [0.15, 0.2) is 0 Å². The Kier molecular flexibility index (Phi) is 5.16. The molecule has 0 saturated carbocycles. The van der Waals surface area contributed by atoms with Crippen molar-refractivity contribution in [3.63, 3.8) is 0 Å². The Labute approximate surface area is 147 Å². The van der Waals surface area contributed by atoms with Gasteiger partial charge in [-0.2, -0.15) is 4.98 Å². The largest absolute Gasteiger partial charge is 0.481 e. The van der Waals surface area contributed by atoms with E-state index in [0.29, 0.717) is 31.9 Å². The van der Waals surface area contributed by atoms with Crippen molar-refractivity contribution in [2.45, 2.75) is 33.1 Å². The third kappa shape index (κ3) is 4.26. The van der Waals surface area contributed by atoms with Gasteiger partial charge in [-0.15, -0.1) is 0 Å². The lowest BCUT2D eigenvalue weighted by Gasteiger charge is -2.31. The molecule has 1 fully saturated rings. The molecule has 1 aromatic carbocycles. The molecule has 1 aromatic heterocycles. The number of benzene rings is 1. The van der Waals surface area contributed by atoms with E-state index in [4.69, 9.17) is 5.11 Å². The van der Waals surface area contributed by atoms with Crippen molar-refractivity contribution in [1.29, 1.82) is 0 Å². The third-order valence-electron chi connectivity index (χ3n) is 4.63. The van der Waals surface area contributed by atoms with Gasteiger partial charge in [0.1, 0.15) is 5.82 Å². The minimum Gasteiger partial charge on any atom is -0.481 e. The van der Waals surface area contributed by atoms with Gasteiger partial charge >= 0.3 is 5.97 Å². The molecule has 132 valence electrons. The molecule has 6 nitrogen and oxygen atoms in total. The molecule has 2 N–H and O–H groups in total. The first-order chi connectivity index (χ1) is 12.0. The van der Waals surface area contributed by atoms with Crippen molar-refractivity contribution in [3.05, 3.63) is 41.6 Å². The van der Waals surface area contributed by atoms with Gasteiger partial charge in [0.25, 0.3) is 0 Å². The molecule has 0 spiro atoms. The molecule has 3 rings (SSSR count). The summed E-state index contributed by atoms with van der Waals surface area (Å²) in [5.74, 6) is 0.480. The lowest BCUT2D eigenvalue weighted by molar-refractivity contribution is -0.142. The highest BCUT2D eigenvalue weighted by molar-refractivity contribution is 5.70. The van der Waals surface area contributed by atoms with Crippen LogP contribution in [0.3, 0.4) is 0 Å². The minimum atomic E-state index is -0.698. The van der Waals surface area contributed by atoms with Gasteiger partial charge in [-0.1, -0.05) is 19.1 Å². The third-order valence-corrected chi connectivity index (χ3v) is 4.63. The normalized spacial score (nSPS) is 15.2. The van der Waals surface area contributed by atoms with Crippen molar-refractivity contribution >= 4 is 23.4 Å². The molecular weight excluding hydrogens is 316 g/mol. The Bertz CT molecular complexity index is 738. The zero-order valence-corrected chi connectivity index (χ0v) is 14.7. The van der Waals surface area contributed by atoms with E-state index in [0.717, 1.165) is 23.6 Å². The van der Waals surface area contributed by atoms with Crippen LogP contribution in [-0.2, 0) is 11.2 Å². The van der Waals surface area contributed by atoms with E-state index in [1.807, 2.05) is 25.1 Å². The quantitative estimate of drug-likeness (QED) is 0.869. The van der Waals surface area contributed by atoms with E-state index in [-0.39, 0.29) is 5.92 Å². The first-order valence-corrected chi connectivity index (χ1v) is 8.74. The number of piperidine rings is 1. The summed E-state index contributed by atoms with van der Waals surface area (Å²) in [5, 5.41) is 12.4. The van der Waals surface area contributed by atoms with Crippen molar-refractivity contribution in [1.82, 2.24) is 9.97 Å². The molecule has 1 saturated heterocycles. The molecular formula is C19H24N4O2. The number of nitrogens with one attached hydrogen (secondary N) is 1. The molecule has 0 amide bonds. The molecule has 0 bridgehead atoms. The number of nitrogens with zero attached hydrogens (tertiary/aromatic N) is 3. The van der Waals surface area contributed by atoms with Gasteiger partial charge < -0.3 is 15.3 Å². The van der Waals surface area contributed by atoms with Crippen LogP contribution in [-0.4, -0.2) is 34.1 Å². The van der Waals surface area contributed by atoms with Gasteiger partial charge in [0.05, 0.1) is 5.92 Å². The zero-order valence-electron chi connectivity index (χ0n) is 14.7. The molecule has 1 aliphatic heterocycles. The Balaban J connectivity index is 1.73. The average Bonchev–Trinajstić information content (AvgIpc) is 2.62. The first kappa shape index (κ1) is 17.2. The second-order valence-corrected chi connectivity index (χ2v) is 6.47. The number of carbonyl (C=O) groups is 1. The van der Waals surface area contributed by atoms with E-state index in [9.17, 15) is 4.79 Å². The Morgan fingerprint density at radius 1 is 1.24 bits per heavy atom. The number of aryl methyl sites for hydroxylation is 2. The van der Waals surface area contributed by atoms with Gasteiger partial charge in [-0.05, 0) is 43.9 Å². The van der Waals surface area contributed by atoms with Crippen molar-refractivity contribution < 1.29 is 9.90 Å². The minimum absolute atomic E-state index is 0.242. The van der Waals surface area contributed by atoms with Crippen molar-refractivity contribution in [2.75, 3.05) is 23.3 Å². The van der Waals surface area contributed by atoms with E-state index in [2.05, 4.69) is 39.2 Å². The highest BCUT2D eigenvalue weighted by Gasteiger charge is 2.25. The number of aromatic nitrogens is 2. The predicted octanol–water partition coefficient (Wildman–Crippen LogP) is 3.39. The Hall–Kier alpha value is -2.63. The van der Waals surface area contributed by atoms with Crippen LogP contribution in [0.1, 0.15) is 31.0 Å². The standard InChI is InChI=1S/C19H24N4O2/c1-3-14-4-6-16(7-5-14)21-19-20-13(2)12-17(22-19)23-10-8-15(9-11-23)18(24)25/h4-7,12,15H,3,8-11H2,1-2H3,(H,24,25)(H,20,21,22). The highest BCUT2D eigenvalue weighted by atomic mass is 16.4. The Morgan fingerprint density at radius 2 is 1.92 bits per heavy atom. The van der Waals surface area contributed by atoms with E-state index >= 15 is 0 Å². The number of rotatable bonds is 5. The van der Waals surface area contributed by atoms with Crippen LogP contribution in [0.4, 0.5) is 17.5 Å². The average molecular weight is 340 g/mol.